The van der Waals surface area contributed by atoms with Crippen LogP contribution in [0.3, 0.4) is 0 Å². The summed E-state index contributed by atoms with van der Waals surface area (Å²) in [5.41, 5.74) is 0.845. The third kappa shape index (κ3) is 3.48. The number of aromatic nitrogens is 2. The molecule has 1 aliphatic heterocycles. The van der Waals surface area contributed by atoms with Gasteiger partial charge in [-0.05, 0) is 37.5 Å². The first-order valence-corrected chi connectivity index (χ1v) is 8.03. The van der Waals surface area contributed by atoms with Gasteiger partial charge in [0.15, 0.2) is 0 Å². The number of nitrogens with one attached hydrogen (secondary N) is 2. The molecule has 130 valence electrons. The number of benzene rings is 1. The molecule has 2 N–H and O–H groups in total. The summed E-state index contributed by atoms with van der Waals surface area (Å²) in [4.78, 5) is 12.2. The number of ether oxygens (including phenoxy) is 1. The summed E-state index contributed by atoms with van der Waals surface area (Å²) >= 11 is 0. The van der Waals surface area contributed by atoms with Crippen molar-refractivity contribution < 1.29 is 18.3 Å². The van der Waals surface area contributed by atoms with Crippen LogP contribution in [-0.4, -0.2) is 34.6 Å². The molecule has 1 fully saturated rings. The maximum atomic E-state index is 12.8. The highest BCUT2D eigenvalue weighted by atomic mass is 19.3. The van der Waals surface area contributed by atoms with Crippen LogP contribution in [0.25, 0.3) is 10.9 Å². The molecule has 6 nitrogen and oxygen atoms in total. The normalized spacial score (nSPS) is 18.9. The second-order valence-corrected chi connectivity index (χ2v) is 5.81. The van der Waals surface area contributed by atoms with Crippen molar-refractivity contribution >= 4 is 22.6 Å². The number of alkyl halides is 2. The van der Waals surface area contributed by atoms with Gasteiger partial charge in [-0.1, -0.05) is 6.92 Å². The minimum absolute atomic E-state index is 0.0437. The number of carbonyl (C=O) groups excluding carboxylic acids is 1. The Hall–Kier alpha value is -2.22. The van der Waals surface area contributed by atoms with Gasteiger partial charge in [-0.3, -0.25) is 0 Å². The number of urea groups is 1. The standard InChI is InChI=1S/C16H20F2N4O2/c1-2-12(14-4-3-7-24-14)21-16(23)20-11-5-6-13-10(8-11)9-19-22(13)15(17)18/h5-6,8-9,12,14-15H,2-4,7H2,1H3,(H2,20,21,23)/t12-,14+/m0/s1. The van der Waals surface area contributed by atoms with Crippen LogP contribution in [-0.2, 0) is 4.74 Å². The van der Waals surface area contributed by atoms with E-state index in [2.05, 4.69) is 15.7 Å². The van der Waals surface area contributed by atoms with Crippen molar-refractivity contribution in [3.8, 4) is 0 Å². The first-order valence-electron chi connectivity index (χ1n) is 8.03. The minimum atomic E-state index is -2.69. The van der Waals surface area contributed by atoms with Gasteiger partial charge in [0.05, 0.1) is 23.9 Å². The average Bonchev–Trinajstić information content (AvgIpc) is 3.21. The smallest absolute Gasteiger partial charge is 0.333 e. The Kier molecular flexibility index (Phi) is 4.94. The Morgan fingerprint density at radius 3 is 3.00 bits per heavy atom. The molecule has 1 saturated heterocycles. The number of halogens is 2. The second-order valence-electron chi connectivity index (χ2n) is 5.81. The monoisotopic (exact) mass is 338 g/mol. The molecule has 0 unspecified atom stereocenters. The lowest BCUT2D eigenvalue weighted by Gasteiger charge is -2.23. The van der Waals surface area contributed by atoms with Crippen LogP contribution in [0.1, 0.15) is 32.7 Å². The Bertz CT molecular complexity index is 713. The van der Waals surface area contributed by atoms with Crippen molar-refractivity contribution in [2.75, 3.05) is 11.9 Å². The molecular formula is C16H20F2N4O2. The average molecular weight is 338 g/mol. The lowest BCUT2D eigenvalue weighted by Crippen LogP contribution is -2.44. The molecule has 8 heteroatoms. The van der Waals surface area contributed by atoms with E-state index in [1.807, 2.05) is 6.92 Å². The minimum Gasteiger partial charge on any atom is -0.376 e. The maximum Gasteiger partial charge on any atom is 0.333 e. The fourth-order valence-electron chi connectivity index (χ4n) is 3.00. The summed E-state index contributed by atoms with van der Waals surface area (Å²) in [6.45, 7) is 0.0356. The van der Waals surface area contributed by atoms with Gasteiger partial charge in [0.2, 0.25) is 0 Å². The van der Waals surface area contributed by atoms with E-state index in [1.54, 1.807) is 12.1 Å². The van der Waals surface area contributed by atoms with E-state index >= 15 is 0 Å². The van der Waals surface area contributed by atoms with Gasteiger partial charge in [-0.2, -0.15) is 13.9 Å². The number of hydrogen-bond acceptors (Lipinski definition) is 3. The van der Waals surface area contributed by atoms with Gasteiger partial charge in [0.25, 0.3) is 0 Å². The molecule has 0 saturated carbocycles. The van der Waals surface area contributed by atoms with E-state index < -0.39 is 6.55 Å². The lowest BCUT2D eigenvalue weighted by atomic mass is 10.1. The SMILES string of the molecule is CC[C@H](NC(=O)Nc1ccc2c(cnn2C(F)F)c1)[C@H]1CCCO1. The van der Waals surface area contributed by atoms with Gasteiger partial charge in [0, 0.05) is 17.7 Å². The number of nitrogens with zero attached hydrogens (tertiary/aromatic N) is 2. The number of rotatable bonds is 5. The van der Waals surface area contributed by atoms with E-state index in [0.29, 0.717) is 21.3 Å². The molecular weight excluding hydrogens is 318 g/mol. The molecule has 0 aliphatic carbocycles. The van der Waals surface area contributed by atoms with E-state index in [1.165, 1.54) is 12.3 Å². The van der Waals surface area contributed by atoms with Gasteiger partial charge >= 0.3 is 12.6 Å². The zero-order chi connectivity index (χ0) is 17.1. The number of fused-ring (bicyclic) bond motifs is 1. The predicted molar refractivity (Wildman–Crippen MR) is 86.2 cm³/mol. The van der Waals surface area contributed by atoms with Gasteiger partial charge in [-0.15, -0.1) is 0 Å². The number of anilines is 1. The van der Waals surface area contributed by atoms with Gasteiger partial charge in [-0.25, -0.2) is 9.48 Å². The summed E-state index contributed by atoms with van der Waals surface area (Å²) in [5, 5.41) is 9.84. The van der Waals surface area contributed by atoms with Crippen LogP contribution in [0.15, 0.2) is 24.4 Å². The third-order valence-electron chi connectivity index (χ3n) is 4.21. The number of amides is 2. The van der Waals surface area contributed by atoms with E-state index in [-0.39, 0.29) is 18.2 Å². The largest absolute Gasteiger partial charge is 0.376 e. The van der Waals surface area contributed by atoms with Crippen molar-refractivity contribution in [1.29, 1.82) is 0 Å². The summed E-state index contributed by atoms with van der Waals surface area (Å²) in [6.07, 6.45) is 4.13. The lowest BCUT2D eigenvalue weighted by molar-refractivity contribution is 0.0615. The molecule has 3 rings (SSSR count). The summed E-state index contributed by atoms with van der Waals surface area (Å²) in [7, 11) is 0. The molecule has 1 aromatic heterocycles. The first-order chi connectivity index (χ1) is 11.6. The van der Waals surface area contributed by atoms with Gasteiger partial charge in [0.1, 0.15) is 0 Å². The Morgan fingerprint density at radius 2 is 2.33 bits per heavy atom. The Labute approximate surface area is 138 Å². The van der Waals surface area contributed by atoms with Crippen LogP contribution in [0.2, 0.25) is 0 Å². The molecule has 2 atom stereocenters. The highest BCUT2D eigenvalue weighted by Gasteiger charge is 2.25. The number of hydrogen-bond donors (Lipinski definition) is 2. The topological polar surface area (TPSA) is 68.2 Å². The maximum absolute atomic E-state index is 12.8. The van der Waals surface area contributed by atoms with Crippen LogP contribution in [0, 0.1) is 0 Å². The first kappa shape index (κ1) is 16.6. The van der Waals surface area contributed by atoms with Crippen molar-refractivity contribution in [2.45, 2.75) is 44.9 Å². The summed E-state index contributed by atoms with van der Waals surface area (Å²) in [5.74, 6) is 0. The molecule has 1 aliphatic rings. The van der Waals surface area contributed by atoms with Crippen LogP contribution < -0.4 is 10.6 Å². The molecule has 1 aromatic carbocycles. The molecule has 2 heterocycles. The predicted octanol–water partition coefficient (Wildman–Crippen LogP) is 3.51. The van der Waals surface area contributed by atoms with Crippen molar-refractivity contribution in [2.24, 2.45) is 0 Å². The quantitative estimate of drug-likeness (QED) is 0.876. The van der Waals surface area contributed by atoms with Crippen molar-refractivity contribution in [1.82, 2.24) is 15.1 Å². The van der Waals surface area contributed by atoms with Gasteiger partial charge < -0.3 is 15.4 Å². The molecule has 0 bridgehead atoms. The molecule has 2 amide bonds. The van der Waals surface area contributed by atoms with Crippen molar-refractivity contribution in [3.63, 3.8) is 0 Å². The zero-order valence-corrected chi connectivity index (χ0v) is 13.3. The van der Waals surface area contributed by atoms with Crippen LogP contribution in [0.4, 0.5) is 19.3 Å². The van der Waals surface area contributed by atoms with E-state index in [0.717, 1.165) is 25.9 Å². The van der Waals surface area contributed by atoms with Crippen LogP contribution in [0.5, 0.6) is 0 Å². The molecule has 0 radical (unpaired) electrons. The molecule has 24 heavy (non-hydrogen) atoms. The second kappa shape index (κ2) is 7.12. The fourth-order valence-corrected chi connectivity index (χ4v) is 3.00. The van der Waals surface area contributed by atoms with Crippen LogP contribution >= 0.6 is 0 Å². The highest BCUT2D eigenvalue weighted by Crippen LogP contribution is 2.23. The Balaban J connectivity index is 1.66. The fraction of sp³-hybridized carbons (Fsp3) is 0.500. The molecule has 2 aromatic rings. The highest BCUT2D eigenvalue weighted by molar-refractivity contribution is 5.92. The van der Waals surface area contributed by atoms with E-state index in [9.17, 15) is 13.6 Å². The van der Waals surface area contributed by atoms with E-state index in [4.69, 9.17) is 4.74 Å². The Morgan fingerprint density at radius 1 is 1.50 bits per heavy atom. The van der Waals surface area contributed by atoms with Crippen molar-refractivity contribution in [3.05, 3.63) is 24.4 Å². The number of carbonyl (C=O) groups is 1. The zero-order valence-electron chi connectivity index (χ0n) is 13.3. The summed E-state index contributed by atoms with van der Waals surface area (Å²) in [6, 6.07) is 4.33. The third-order valence-corrected chi connectivity index (χ3v) is 4.21. The summed E-state index contributed by atoms with van der Waals surface area (Å²) < 4.78 is 31.8. The molecule has 0 spiro atoms.